The van der Waals surface area contributed by atoms with Crippen LogP contribution in [0.2, 0.25) is 0 Å². The Hall–Kier alpha value is -2.84. The lowest BCUT2D eigenvalue weighted by atomic mass is 10.0. The van der Waals surface area contributed by atoms with Crippen LogP contribution < -0.4 is 5.32 Å². The first-order valence-corrected chi connectivity index (χ1v) is 33.2. The van der Waals surface area contributed by atoms with Gasteiger partial charge in [0.15, 0.2) is 0 Å². The largest absolute Gasteiger partial charge is 0.472 e. The highest BCUT2D eigenvalue weighted by Crippen LogP contribution is 2.43. The molecule has 0 rings (SSSR count). The van der Waals surface area contributed by atoms with Gasteiger partial charge in [-0.1, -0.05) is 290 Å². The molecule has 9 heteroatoms. The Morgan fingerprint density at radius 1 is 0.455 bits per heavy atom. The Morgan fingerprint density at radius 3 is 1.09 bits per heavy atom. The maximum Gasteiger partial charge on any atom is 0.472 e. The lowest BCUT2D eigenvalue weighted by molar-refractivity contribution is -0.870. The van der Waals surface area contributed by atoms with Gasteiger partial charge in [0.25, 0.3) is 0 Å². The zero-order valence-electron chi connectivity index (χ0n) is 50.7. The number of quaternary nitrogens is 1. The Balaban J connectivity index is 4.26. The summed E-state index contributed by atoms with van der Waals surface area (Å²) in [5.41, 5.74) is 0. The molecule has 0 bridgehead atoms. The molecule has 0 aliphatic rings. The summed E-state index contributed by atoms with van der Waals surface area (Å²) in [6.45, 7) is 4.75. The highest BCUT2D eigenvalue weighted by atomic mass is 31.2. The first kappa shape index (κ1) is 74.2. The number of likely N-dealkylation sites (N-methyl/N-ethyl adjacent to an activating group) is 1. The van der Waals surface area contributed by atoms with Crippen LogP contribution in [0.5, 0.6) is 0 Å². The monoisotopic (exact) mass is 1090 g/mol. The summed E-state index contributed by atoms with van der Waals surface area (Å²) in [5.74, 6) is -0.203. The number of allylic oxidation sites excluding steroid dienone is 18. The normalized spacial score (nSPS) is 14.5. The van der Waals surface area contributed by atoms with E-state index in [9.17, 15) is 19.4 Å². The van der Waals surface area contributed by atoms with Crippen molar-refractivity contribution in [1.82, 2.24) is 5.32 Å². The third-order valence-electron chi connectivity index (χ3n) is 13.8. The number of phosphoric ester groups is 1. The van der Waals surface area contributed by atoms with Gasteiger partial charge in [-0.2, -0.15) is 0 Å². The second kappa shape index (κ2) is 57.8. The summed E-state index contributed by atoms with van der Waals surface area (Å²) in [7, 11) is 1.57. The molecule has 0 aliphatic carbocycles. The first-order valence-electron chi connectivity index (χ1n) is 31.8. The molecule has 0 aromatic heterocycles. The molecule has 77 heavy (non-hydrogen) atoms. The fourth-order valence-corrected chi connectivity index (χ4v) is 9.61. The number of nitrogens with one attached hydrogen (secondary N) is 1. The Bertz CT molecular complexity index is 1620. The first-order chi connectivity index (χ1) is 37.5. The minimum Gasteiger partial charge on any atom is -0.391 e. The molecular weight excluding hydrogens is 972 g/mol. The summed E-state index contributed by atoms with van der Waals surface area (Å²) in [6.07, 6.45) is 84.6. The van der Waals surface area contributed by atoms with Crippen molar-refractivity contribution in [3.05, 3.63) is 109 Å². The van der Waals surface area contributed by atoms with E-state index >= 15 is 0 Å². The van der Waals surface area contributed by atoms with E-state index in [4.69, 9.17) is 9.05 Å². The van der Waals surface area contributed by atoms with E-state index in [1.807, 2.05) is 21.1 Å². The third kappa shape index (κ3) is 60.6. The van der Waals surface area contributed by atoms with Crippen molar-refractivity contribution < 1.29 is 32.9 Å². The van der Waals surface area contributed by atoms with Gasteiger partial charge in [0.2, 0.25) is 5.91 Å². The van der Waals surface area contributed by atoms with Crippen molar-refractivity contribution in [2.75, 3.05) is 40.9 Å². The van der Waals surface area contributed by atoms with Gasteiger partial charge in [-0.05, 0) is 77.0 Å². The van der Waals surface area contributed by atoms with Crippen LogP contribution in [0.1, 0.15) is 264 Å². The predicted octanol–water partition coefficient (Wildman–Crippen LogP) is 19.9. The summed E-state index contributed by atoms with van der Waals surface area (Å²) < 4.78 is 23.8. The number of carbonyl (C=O) groups is 1. The quantitative estimate of drug-likeness (QED) is 0.0243. The summed E-state index contributed by atoms with van der Waals surface area (Å²) in [5, 5.41) is 14.1. The van der Waals surface area contributed by atoms with Gasteiger partial charge in [-0.15, -0.1) is 0 Å². The molecule has 0 aliphatic heterocycles. The minimum absolute atomic E-state index is 0.0581. The van der Waals surface area contributed by atoms with Crippen LogP contribution in [0.4, 0.5) is 0 Å². The van der Waals surface area contributed by atoms with Crippen molar-refractivity contribution in [2.24, 2.45) is 0 Å². The molecule has 0 aromatic carbocycles. The third-order valence-corrected chi connectivity index (χ3v) is 14.8. The molecule has 0 spiro atoms. The SMILES string of the molecule is CC/C=C\C/C=C\C/C=C\C/C=C\C/C=C\C/C=C\C/C=C\C/C=C\C/C=C\CCCC(=O)NC(COP(=O)(O)OCC[N+](C)(C)C)C(O)CCCCCCCCCCCCCCCCCCCCCCCCCCCC. The van der Waals surface area contributed by atoms with Crippen molar-refractivity contribution in [3.63, 3.8) is 0 Å². The molecule has 1 amide bonds. The number of rotatable bonds is 57. The van der Waals surface area contributed by atoms with Crippen LogP contribution in [0, 0.1) is 0 Å². The van der Waals surface area contributed by atoms with Gasteiger partial charge in [-0.25, -0.2) is 4.57 Å². The number of amides is 1. The molecule has 3 unspecified atom stereocenters. The molecule has 0 aromatic rings. The predicted molar refractivity (Wildman–Crippen MR) is 336 cm³/mol. The van der Waals surface area contributed by atoms with E-state index in [0.29, 0.717) is 30.3 Å². The molecule has 8 nitrogen and oxygen atoms in total. The number of hydrogen-bond acceptors (Lipinski definition) is 5. The van der Waals surface area contributed by atoms with Gasteiger partial charge in [0, 0.05) is 6.42 Å². The Kier molecular flexibility index (Phi) is 55.7. The second-order valence-corrected chi connectivity index (χ2v) is 23.9. The van der Waals surface area contributed by atoms with E-state index in [2.05, 4.69) is 129 Å². The van der Waals surface area contributed by atoms with Crippen LogP contribution in [0.3, 0.4) is 0 Å². The molecule has 3 N–H and O–H groups in total. The van der Waals surface area contributed by atoms with Gasteiger partial charge in [0.05, 0.1) is 39.9 Å². The van der Waals surface area contributed by atoms with Gasteiger partial charge in [0.1, 0.15) is 13.2 Å². The average Bonchev–Trinajstić information content (AvgIpc) is 3.39. The van der Waals surface area contributed by atoms with Crippen LogP contribution in [0.15, 0.2) is 109 Å². The zero-order valence-corrected chi connectivity index (χ0v) is 51.6. The molecule has 444 valence electrons. The number of hydrogen-bond donors (Lipinski definition) is 3. The molecule has 0 fully saturated rings. The van der Waals surface area contributed by atoms with Gasteiger partial charge in [-0.3, -0.25) is 13.8 Å². The number of aliphatic hydroxyl groups is 1. The number of phosphoric acid groups is 1. The topological polar surface area (TPSA) is 105 Å². The number of aliphatic hydroxyl groups excluding tert-OH is 1. The molecule has 0 saturated heterocycles. The number of carbonyl (C=O) groups excluding carboxylic acids is 1. The van der Waals surface area contributed by atoms with Crippen molar-refractivity contribution in [3.8, 4) is 0 Å². The Labute approximate surface area is 476 Å². The van der Waals surface area contributed by atoms with Gasteiger partial charge >= 0.3 is 7.82 Å². The molecule has 0 heterocycles. The summed E-state index contributed by atoms with van der Waals surface area (Å²) in [4.78, 5) is 23.4. The van der Waals surface area contributed by atoms with Crippen LogP contribution in [-0.2, 0) is 18.4 Å². The summed E-state index contributed by atoms with van der Waals surface area (Å²) in [6, 6.07) is -0.801. The van der Waals surface area contributed by atoms with Crippen LogP contribution in [0.25, 0.3) is 0 Å². The standard InChI is InChI=1S/C68H121N2O6P/c1-6-8-10-12-14-16-18-20-22-24-26-28-30-32-34-35-36-38-40-42-44-46-48-50-52-54-56-58-60-62-68(72)69-66(65-76-77(73,74)75-64-63-70(3,4)5)67(71)61-59-57-55-53-51-49-47-45-43-41-39-37-33-31-29-27-25-23-21-19-17-15-13-11-9-7-2/h8,10,14,16,20,22,26,28,32,34,36,38,42,44,48,50,54,56,66-67,71H,6-7,9,11-13,15,17-19,21,23-25,27,29-31,33,35,37,39-41,43,45-47,49,51-53,55,57-65H2,1-5H3,(H-,69,72,73,74)/p+1/b10-8-,16-14-,22-20-,28-26-,34-32-,38-36-,44-42-,50-48-,56-54-. The molecule has 0 saturated carbocycles. The van der Waals surface area contributed by atoms with Crippen molar-refractivity contribution >= 4 is 13.7 Å². The fourth-order valence-electron chi connectivity index (χ4n) is 8.87. The minimum atomic E-state index is -4.35. The van der Waals surface area contributed by atoms with E-state index in [1.165, 1.54) is 148 Å². The maximum absolute atomic E-state index is 13.0. The van der Waals surface area contributed by atoms with E-state index in [0.717, 1.165) is 83.5 Å². The molecular formula is C68H122N2O6P+. The van der Waals surface area contributed by atoms with Crippen LogP contribution >= 0.6 is 7.82 Å². The lowest BCUT2D eigenvalue weighted by Gasteiger charge is -2.26. The summed E-state index contributed by atoms with van der Waals surface area (Å²) >= 11 is 0. The second-order valence-electron chi connectivity index (χ2n) is 22.4. The highest BCUT2D eigenvalue weighted by molar-refractivity contribution is 7.47. The van der Waals surface area contributed by atoms with E-state index in [-0.39, 0.29) is 19.1 Å². The fraction of sp³-hybridized carbons (Fsp3) is 0.721. The van der Waals surface area contributed by atoms with Crippen molar-refractivity contribution in [1.29, 1.82) is 0 Å². The smallest absolute Gasteiger partial charge is 0.391 e. The number of nitrogens with zero attached hydrogens (tertiary/aromatic N) is 1. The highest BCUT2D eigenvalue weighted by Gasteiger charge is 2.28. The Morgan fingerprint density at radius 2 is 0.766 bits per heavy atom. The van der Waals surface area contributed by atoms with Gasteiger partial charge < -0.3 is 19.8 Å². The lowest BCUT2D eigenvalue weighted by Crippen LogP contribution is -2.46. The molecule has 0 radical (unpaired) electrons. The van der Waals surface area contributed by atoms with E-state index in [1.54, 1.807) is 0 Å². The van der Waals surface area contributed by atoms with E-state index < -0.39 is 20.0 Å². The average molecular weight is 1090 g/mol. The maximum atomic E-state index is 13.0. The van der Waals surface area contributed by atoms with Crippen molar-refractivity contribution in [2.45, 2.75) is 276 Å². The molecule has 3 atom stereocenters. The zero-order chi connectivity index (χ0) is 56.3. The number of unbranched alkanes of at least 4 members (excludes halogenated alkanes) is 26. The van der Waals surface area contributed by atoms with Crippen LogP contribution in [-0.4, -0.2) is 73.4 Å².